The van der Waals surface area contributed by atoms with Crippen molar-refractivity contribution in [2.75, 3.05) is 0 Å². The van der Waals surface area contributed by atoms with Crippen LogP contribution in [0.2, 0.25) is 0 Å². The minimum atomic E-state index is -1.37. The lowest BCUT2D eigenvalue weighted by molar-refractivity contribution is 0.0861. The minimum absolute atomic E-state index is 0.218. The van der Waals surface area contributed by atoms with Crippen molar-refractivity contribution in [2.45, 2.75) is 38.6 Å². The Kier molecular flexibility index (Phi) is 4.28. The molecule has 26 heavy (non-hydrogen) atoms. The van der Waals surface area contributed by atoms with Crippen LogP contribution in [0, 0.1) is 0 Å². The van der Waals surface area contributed by atoms with E-state index in [9.17, 15) is 9.18 Å². The van der Waals surface area contributed by atoms with Crippen LogP contribution in [-0.2, 0) is 6.54 Å². The highest BCUT2D eigenvalue weighted by Crippen LogP contribution is 2.39. The molecule has 1 fully saturated rings. The van der Waals surface area contributed by atoms with Gasteiger partial charge in [-0.2, -0.15) is 5.10 Å². The number of hydrogen-bond acceptors (Lipinski definition) is 5. The molecular formula is C19H18FN3O3. The smallest absolute Gasteiger partial charge is 0.267 e. The van der Waals surface area contributed by atoms with Gasteiger partial charge in [0, 0.05) is 30.5 Å². The van der Waals surface area contributed by atoms with Gasteiger partial charge in [-0.15, -0.1) is 0 Å². The third kappa shape index (κ3) is 3.66. The van der Waals surface area contributed by atoms with Gasteiger partial charge in [0.1, 0.15) is 12.3 Å². The summed E-state index contributed by atoms with van der Waals surface area (Å²) in [4.78, 5) is 12.1. The van der Waals surface area contributed by atoms with Crippen molar-refractivity contribution in [3.63, 3.8) is 0 Å². The first-order valence-corrected chi connectivity index (χ1v) is 8.53. The van der Waals surface area contributed by atoms with Gasteiger partial charge in [-0.25, -0.2) is 9.07 Å². The van der Waals surface area contributed by atoms with Crippen LogP contribution in [0.25, 0.3) is 11.3 Å². The Labute approximate surface area is 149 Å². The lowest BCUT2D eigenvalue weighted by atomic mass is 10.1. The highest BCUT2D eigenvalue weighted by molar-refractivity contribution is 5.59. The second-order valence-electron chi connectivity index (χ2n) is 6.39. The molecule has 0 radical (unpaired) electrons. The number of ether oxygens (including phenoxy) is 1. The number of rotatable bonds is 6. The monoisotopic (exact) mass is 355 g/mol. The van der Waals surface area contributed by atoms with Crippen LogP contribution >= 0.6 is 0 Å². The second-order valence-corrected chi connectivity index (χ2v) is 6.39. The molecule has 0 bridgehead atoms. The summed E-state index contributed by atoms with van der Waals surface area (Å²) in [5.41, 5.74) is 2.16. The van der Waals surface area contributed by atoms with E-state index in [4.69, 9.17) is 9.26 Å². The van der Waals surface area contributed by atoms with Crippen molar-refractivity contribution in [1.82, 2.24) is 14.9 Å². The van der Waals surface area contributed by atoms with Gasteiger partial charge < -0.3 is 9.26 Å². The fourth-order valence-corrected chi connectivity index (χ4v) is 2.73. The van der Waals surface area contributed by atoms with E-state index in [1.807, 2.05) is 6.07 Å². The third-order valence-corrected chi connectivity index (χ3v) is 4.19. The number of benzene rings is 1. The van der Waals surface area contributed by atoms with Crippen LogP contribution in [0.15, 0.2) is 51.8 Å². The molecule has 2 heterocycles. The van der Waals surface area contributed by atoms with E-state index in [2.05, 4.69) is 10.3 Å². The molecule has 1 aliphatic carbocycles. The van der Waals surface area contributed by atoms with Gasteiger partial charge in [0.2, 0.25) is 6.36 Å². The summed E-state index contributed by atoms with van der Waals surface area (Å²) in [7, 11) is 0. The average Bonchev–Trinajstić information content (AvgIpc) is 3.37. The molecule has 7 heteroatoms. The molecule has 1 aromatic carbocycles. The normalized spacial score (nSPS) is 15.0. The maximum Gasteiger partial charge on any atom is 0.267 e. The zero-order valence-corrected chi connectivity index (χ0v) is 14.3. The first-order chi connectivity index (χ1) is 12.6. The Morgan fingerprint density at radius 3 is 2.73 bits per heavy atom. The molecule has 1 unspecified atom stereocenters. The molecule has 0 spiro atoms. The lowest BCUT2D eigenvalue weighted by Crippen LogP contribution is -2.22. The van der Waals surface area contributed by atoms with Gasteiger partial charge in [-0.05, 0) is 43.2 Å². The van der Waals surface area contributed by atoms with Crippen LogP contribution in [-0.4, -0.2) is 21.3 Å². The highest BCUT2D eigenvalue weighted by atomic mass is 19.1. The van der Waals surface area contributed by atoms with Crippen molar-refractivity contribution < 1.29 is 13.7 Å². The Balaban J connectivity index is 1.56. The van der Waals surface area contributed by atoms with E-state index < -0.39 is 6.36 Å². The Bertz CT molecular complexity index is 959. The first-order valence-electron chi connectivity index (χ1n) is 8.53. The SMILES string of the molecule is CC(F)Oc1ccc(-c2ccc(=O)n(Cc3cc(C4CC4)no3)n2)cc1. The summed E-state index contributed by atoms with van der Waals surface area (Å²) in [6.45, 7) is 1.55. The molecule has 0 aliphatic heterocycles. The largest absolute Gasteiger partial charge is 0.461 e. The van der Waals surface area contributed by atoms with Crippen LogP contribution in [0.3, 0.4) is 0 Å². The Morgan fingerprint density at radius 2 is 2.04 bits per heavy atom. The number of nitrogens with zero attached hydrogens (tertiary/aromatic N) is 3. The summed E-state index contributed by atoms with van der Waals surface area (Å²) >= 11 is 0. The standard InChI is InChI=1S/C19H18FN3O3/c1-12(20)25-15-6-4-13(5-7-15)17-8-9-19(24)23(21-17)11-16-10-18(22-26-16)14-2-3-14/h4-10,12,14H,2-3,11H2,1H3. The molecule has 1 saturated carbocycles. The first kappa shape index (κ1) is 16.5. The summed E-state index contributed by atoms with van der Waals surface area (Å²) in [5, 5.41) is 8.45. The average molecular weight is 355 g/mol. The van der Waals surface area contributed by atoms with Crippen molar-refractivity contribution in [1.29, 1.82) is 0 Å². The molecular weight excluding hydrogens is 337 g/mol. The Hall–Kier alpha value is -2.96. The van der Waals surface area contributed by atoms with Crippen LogP contribution < -0.4 is 10.3 Å². The molecule has 3 aromatic rings. The van der Waals surface area contributed by atoms with Crippen molar-refractivity contribution in [3.05, 3.63) is 64.3 Å². The van der Waals surface area contributed by atoms with Gasteiger partial charge in [0.15, 0.2) is 5.76 Å². The summed E-state index contributed by atoms with van der Waals surface area (Å²) in [6, 6.07) is 11.9. The number of halogens is 1. The molecule has 4 rings (SSSR count). The van der Waals surface area contributed by atoms with Gasteiger partial charge >= 0.3 is 0 Å². The lowest BCUT2D eigenvalue weighted by Gasteiger charge is -2.08. The molecule has 1 aliphatic rings. The van der Waals surface area contributed by atoms with E-state index in [0.29, 0.717) is 23.1 Å². The minimum Gasteiger partial charge on any atom is -0.461 e. The van der Waals surface area contributed by atoms with Crippen LogP contribution in [0.1, 0.15) is 37.1 Å². The fraction of sp³-hybridized carbons (Fsp3) is 0.316. The maximum atomic E-state index is 12.9. The van der Waals surface area contributed by atoms with Crippen LogP contribution in [0.4, 0.5) is 4.39 Å². The fourth-order valence-electron chi connectivity index (χ4n) is 2.73. The zero-order valence-electron chi connectivity index (χ0n) is 14.3. The highest BCUT2D eigenvalue weighted by Gasteiger charge is 2.27. The molecule has 6 nitrogen and oxygen atoms in total. The number of aromatic nitrogens is 3. The van der Waals surface area contributed by atoms with Crippen molar-refractivity contribution in [3.8, 4) is 17.0 Å². The maximum absolute atomic E-state index is 12.9. The van der Waals surface area contributed by atoms with Gasteiger partial charge in [0.25, 0.3) is 5.56 Å². The summed E-state index contributed by atoms with van der Waals surface area (Å²) < 4.78 is 24.5. The summed E-state index contributed by atoms with van der Waals surface area (Å²) in [6.07, 6.45) is 0.907. The molecule has 0 N–H and O–H groups in total. The number of hydrogen-bond donors (Lipinski definition) is 0. The third-order valence-electron chi connectivity index (χ3n) is 4.19. The van der Waals surface area contributed by atoms with Gasteiger partial charge in [-0.1, -0.05) is 5.16 Å². The Morgan fingerprint density at radius 1 is 1.27 bits per heavy atom. The summed E-state index contributed by atoms with van der Waals surface area (Å²) in [5.74, 6) is 1.54. The molecule has 134 valence electrons. The second kappa shape index (κ2) is 6.74. The zero-order chi connectivity index (χ0) is 18.1. The topological polar surface area (TPSA) is 70.2 Å². The van der Waals surface area contributed by atoms with E-state index in [1.165, 1.54) is 17.7 Å². The predicted molar refractivity (Wildman–Crippen MR) is 92.7 cm³/mol. The van der Waals surface area contributed by atoms with E-state index >= 15 is 0 Å². The molecule has 0 saturated heterocycles. The van der Waals surface area contributed by atoms with E-state index in [0.717, 1.165) is 24.1 Å². The molecule has 0 amide bonds. The van der Waals surface area contributed by atoms with Crippen LogP contribution in [0.5, 0.6) is 5.75 Å². The molecule has 1 atom stereocenters. The van der Waals surface area contributed by atoms with Gasteiger partial charge in [0.05, 0.1) is 11.4 Å². The van der Waals surface area contributed by atoms with Crippen molar-refractivity contribution in [2.24, 2.45) is 0 Å². The van der Waals surface area contributed by atoms with E-state index in [1.54, 1.807) is 30.3 Å². The predicted octanol–water partition coefficient (Wildman–Crippen LogP) is 3.52. The van der Waals surface area contributed by atoms with Crippen molar-refractivity contribution >= 4 is 0 Å². The van der Waals surface area contributed by atoms with Gasteiger partial charge in [-0.3, -0.25) is 4.79 Å². The quantitative estimate of drug-likeness (QED) is 0.677. The molecule has 2 aromatic heterocycles. The van der Waals surface area contributed by atoms with E-state index in [-0.39, 0.29) is 12.1 Å². The number of alkyl halides is 1.